The summed E-state index contributed by atoms with van der Waals surface area (Å²) in [6, 6.07) is 7.36. The molecule has 0 aliphatic rings. The number of carbonyl (C=O) groups excluding carboxylic acids is 2. The topological polar surface area (TPSA) is 49.4 Å². The van der Waals surface area contributed by atoms with Crippen molar-refractivity contribution in [2.45, 2.75) is 25.9 Å². The highest BCUT2D eigenvalue weighted by atomic mass is 35.5. The van der Waals surface area contributed by atoms with E-state index in [1.807, 2.05) is 6.92 Å². The number of rotatable bonds is 7. The average Bonchev–Trinajstić information content (AvgIpc) is 3.13. The molecule has 146 valence electrons. The number of benzene rings is 1. The molecule has 2 amide bonds. The van der Waals surface area contributed by atoms with Crippen LogP contribution in [0.25, 0.3) is 0 Å². The number of thiophene rings is 1. The van der Waals surface area contributed by atoms with Gasteiger partial charge < -0.3 is 10.2 Å². The minimum absolute atomic E-state index is 0.00560. The number of unbranched alkanes of at least 4 members (excludes halogenated alkanes) is 1. The zero-order valence-electron chi connectivity index (χ0n) is 14.5. The van der Waals surface area contributed by atoms with Gasteiger partial charge in [0.2, 0.25) is 0 Å². The minimum atomic E-state index is -4.49. The van der Waals surface area contributed by atoms with Crippen molar-refractivity contribution in [2.24, 2.45) is 0 Å². The first-order valence-electron chi connectivity index (χ1n) is 8.21. The lowest BCUT2D eigenvalue weighted by atomic mass is 10.1. The van der Waals surface area contributed by atoms with Crippen LogP contribution in [-0.2, 0) is 0 Å². The van der Waals surface area contributed by atoms with Gasteiger partial charge in [-0.25, -0.2) is 0 Å². The van der Waals surface area contributed by atoms with Crippen LogP contribution in [0.3, 0.4) is 0 Å². The van der Waals surface area contributed by atoms with E-state index in [9.17, 15) is 22.8 Å². The number of hydrogen-bond acceptors (Lipinski definition) is 3. The molecule has 0 spiro atoms. The number of alkyl halides is 3. The molecule has 0 radical (unpaired) electrons. The van der Waals surface area contributed by atoms with E-state index in [0.717, 1.165) is 4.90 Å². The molecular weight excluding hydrogens is 401 g/mol. The molecule has 0 aliphatic carbocycles. The summed E-state index contributed by atoms with van der Waals surface area (Å²) >= 11 is 7.29. The molecule has 1 N–H and O–H groups in total. The lowest BCUT2D eigenvalue weighted by molar-refractivity contribution is -0.140. The second-order valence-corrected chi connectivity index (χ2v) is 7.18. The van der Waals surface area contributed by atoms with E-state index < -0.39 is 24.5 Å². The Labute approximate surface area is 163 Å². The molecule has 4 nitrogen and oxygen atoms in total. The molecule has 1 aromatic carbocycles. The van der Waals surface area contributed by atoms with Crippen LogP contribution in [-0.4, -0.2) is 36.0 Å². The van der Waals surface area contributed by atoms with Gasteiger partial charge in [0.25, 0.3) is 11.8 Å². The predicted octanol–water partition coefficient (Wildman–Crippen LogP) is 5.46. The van der Waals surface area contributed by atoms with Gasteiger partial charge in [0, 0.05) is 12.1 Å². The zero-order chi connectivity index (χ0) is 20.0. The summed E-state index contributed by atoms with van der Waals surface area (Å²) in [5, 5.41) is 4.51. The SMILES string of the molecule is CCCCN(CC(F)(F)F)C(=O)c1ccc(Cl)c(NC(=O)c2cccs2)c1. The van der Waals surface area contributed by atoms with Crippen molar-refractivity contribution in [1.29, 1.82) is 0 Å². The highest BCUT2D eigenvalue weighted by Gasteiger charge is 2.33. The molecule has 2 rings (SSSR count). The Hall–Kier alpha value is -2.06. The highest BCUT2D eigenvalue weighted by Crippen LogP contribution is 2.26. The molecule has 0 aliphatic heterocycles. The van der Waals surface area contributed by atoms with E-state index in [4.69, 9.17) is 11.6 Å². The maximum absolute atomic E-state index is 12.8. The van der Waals surface area contributed by atoms with Gasteiger partial charge in [0.05, 0.1) is 15.6 Å². The molecule has 27 heavy (non-hydrogen) atoms. The molecule has 0 bridgehead atoms. The van der Waals surface area contributed by atoms with Crippen molar-refractivity contribution in [1.82, 2.24) is 4.90 Å². The first-order chi connectivity index (χ1) is 12.7. The summed E-state index contributed by atoms with van der Waals surface area (Å²) in [4.78, 5) is 26.0. The fraction of sp³-hybridized carbons (Fsp3) is 0.333. The molecular formula is C18H18ClF3N2O2S. The number of nitrogens with one attached hydrogen (secondary N) is 1. The third kappa shape index (κ3) is 6.25. The number of anilines is 1. The summed E-state index contributed by atoms with van der Waals surface area (Å²) in [5.74, 6) is -1.17. The first-order valence-corrected chi connectivity index (χ1v) is 9.47. The van der Waals surface area contributed by atoms with Crippen molar-refractivity contribution in [3.8, 4) is 0 Å². The van der Waals surface area contributed by atoms with E-state index in [-0.39, 0.29) is 22.8 Å². The standard InChI is InChI=1S/C18H18ClF3N2O2S/c1-2-3-8-24(11-18(20,21)22)17(26)12-6-7-13(19)14(10-12)23-16(25)15-5-4-9-27-15/h4-7,9-10H,2-3,8,11H2,1H3,(H,23,25). The average molecular weight is 419 g/mol. The van der Waals surface area contributed by atoms with Crippen LogP contribution in [0.2, 0.25) is 5.02 Å². The number of halogens is 4. The lowest BCUT2D eigenvalue weighted by Gasteiger charge is -2.24. The van der Waals surface area contributed by atoms with Crippen molar-refractivity contribution < 1.29 is 22.8 Å². The van der Waals surface area contributed by atoms with Crippen LogP contribution < -0.4 is 5.32 Å². The van der Waals surface area contributed by atoms with Crippen LogP contribution in [0.15, 0.2) is 35.7 Å². The Bertz CT molecular complexity index is 794. The second kappa shape index (κ2) is 9.23. The third-order valence-corrected chi connectivity index (χ3v) is 4.84. The summed E-state index contributed by atoms with van der Waals surface area (Å²) in [5.41, 5.74) is 0.199. The molecule has 1 aromatic heterocycles. The third-order valence-electron chi connectivity index (χ3n) is 3.65. The monoisotopic (exact) mass is 418 g/mol. The van der Waals surface area contributed by atoms with Gasteiger partial charge in [-0.1, -0.05) is 31.0 Å². The Morgan fingerprint density at radius 2 is 2.00 bits per heavy atom. The maximum Gasteiger partial charge on any atom is 0.406 e. The predicted molar refractivity (Wildman–Crippen MR) is 101 cm³/mol. The lowest BCUT2D eigenvalue weighted by Crippen LogP contribution is -2.39. The fourth-order valence-corrected chi connectivity index (χ4v) is 3.13. The van der Waals surface area contributed by atoms with Crippen molar-refractivity contribution in [2.75, 3.05) is 18.4 Å². The molecule has 2 aromatic rings. The highest BCUT2D eigenvalue weighted by molar-refractivity contribution is 7.12. The van der Waals surface area contributed by atoms with Crippen LogP contribution >= 0.6 is 22.9 Å². The van der Waals surface area contributed by atoms with Gasteiger partial charge in [-0.2, -0.15) is 13.2 Å². The number of carbonyl (C=O) groups is 2. The summed E-state index contributed by atoms with van der Waals surface area (Å²) in [6.45, 7) is 0.496. The zero-order valence-corrected chi connectivity index (χ0v) is 16.0. The van der Waals surface area contributed by atoms with Gasteiger partial charge in [0.15, 0.2) is 0 Å². The molecule has 0 saturated carbocycles. The minimum Gasteiger partial charge on any atom is -0.330 e. The number of hydrogen-bond donors (Lipinski definition) is 1. The largest absolute Gasteiger partial charge is 0.406 e. The van der Waals surface area contributed by atoms with Gasteiger partial charge in [-0.15, -0.1) is 11.3 Å². The number of nitrogens with zero attached hydrogens (tertiary/aromatic N) is 1. The van der Waals surface area contributed by atoms with Crippen molar-refractivity contribution in [3.63, 3.8) is 0 Å². The summed E-state index contributed by atoms with van der Waals surface area (Å²) in [7, 11) is 0. The van der Waals surface area contributed by atoms with Crippen molar-refractivity contribution >= 4 is 40.4 Å². The number of amides is 2. The second-order valence-electron chi connectivity index (χ2n) is 5.82. The van der Waals surface area contributed by atoms with Crippen LogP contribution in [0, 0.1) is 0 Å². The molecule has 0 atom stereocenters. The van der Waals surface area contributed by atoms with E-state index >= 15 is 0 Å². The van der Waals surface area contributed by atoms with E-state index in [2.05, 4.69) is 5.32 Å². The normalized spacial score (nSPS) is 11.3. The Morgan fingerprint density at radius 3 is 2.59 bits per heavy atom. The van der Waals surface area contributed by atoms with Crippen LogP contribution in [0.4, 0.5) is 18.9 Å². The Morgan fingerprint density at radius 1 is 1.26 bits per heavy atom. The van der Waals surface area contributed by atoms with Gasteiger partial charge in [-0.05, 0) is 36.1 Å². The molecule has 0 saturated heterocycles. The fourth-order valence-electron chi connectivity index (χ4n) is 2.35. The first kappa shape index (κ1) is 21.2. The Kier molecular flexibility index (Phi) is 7.26. The van der Waals surface area contributed by atoms with Crippen LogP contribution in [0.5, 0.6) is 0 Å². The van der Waals surface area contributed by atoms with E-state index in [0.29, 0.717) is 17.7 Å². The smallest absolute Gasteiger partial charge is 0.330 e. The van der Waals surface area contributed by atoms with Gasteiger partial charge in [-0.3, -0.25) is 9.59 Å². The van der Waals surface area contributed by atoms with E-state index in [1.54, 1.807) is 17.5 Å². The van der Waals surface area contributed by atoms with Gasteiger partial charge >= 0.3 is 6.18 Å². The molecule has 9 heteroatoms. The Balaban J connectivity index is 2.23. The van der Waals surface area contributed by atoms with Crippen LogP contribution in [0.1, 0.15) is 39.8 Å². The van der Waals surface area contributed by atoms with Gasteiger partial charge in [0.1, 0.15) is 6.54 Å². The summed E-state index contributed by atoms with van der Waals surface area (Å²) in [6.07, 6.45) is -3.38. The summed E-state index contributed by atoms with van der Waals surface area (Å²) < 4.78 is 38.4. The van der Waals surface area contributed by atoms with Crippen molar-refractivity contribution in [3.05, 3.63) is 51.2 Å². The quantitative estimate of drug-likeness (QED) is 0.649. The molecule has 0 unspecified atom stereocenters. The molecule has 0 fully saturated rings. The molecule has 1 heterocycles. The van der Waals surface area contributed by atoms with E-state index in [1.165, 1.54) is 29.5 Å². The maximum atomic E-state index is 12.8.